The standard InChI is InChI=1S/C23H21BrN4O2/c1-23(2,3)16-4-8-18(9-5-16)28-22(29)21(30-19-10-6-17(24)7-11-19)20(14-26-28)27-13-12-25-15-27/h4-15H,1-3H3. The van der Waals surface area contributed by atoms with Gasteiger partial charge in [0.25, 0.3) is 0 Å². The molecule has 0 saturated carbocycles. The highest BCUT2D eigenvalue weighted by Crippen LogP contribution is 2.27. The first-order valence-corrected chi connectivity index (χ1v) is 10.3. The largest absolute Gasteiger partial charge is 0.449 e. The van der Waals surface area contributed by atoms with Gasteiger partial charge in [-0.2, -0.15) is 9.78 Å². The first-order valence-electron chi connectivity index (χ1n) is 9.48. The van der Waals surface area contributed by atoms with E-state index >= 15 is 0 Å². The number of rotatable bonds is 4. The van der Waals surface area contributed by atoms with Crippen LogP contribution in [0.25, 0.3) is 11.4 Å². The van der Waals surface area contributed by atoms with Crippen LogP contribution in [0.5, 0.6) is 11.5 Å². The smallest absolute Gasteiger partial charge is 0.316 e. The van der Waals surface area contributed by atoms with Gasteiger partial charge in [0.15, 0.2) is 0 Å². The molecule has 0 amide bonds. The number of imidazole rings is 1. The van der Waals surface area contributed by atoms with Crippen molar-refractivity contribution >= 4 is 15.9 Å². The van der Waals surface area contributed by atoms with Gasteiger partial charge in [-0.25, -0.2) is 4.98 Å². The van der Waals surface area contributed by atoms with E-state index in [-0.39, 0.29) is 16.7 Å². The lowest BCUT2D eigenvalue weighted by Crippen LogP contribution is -2.24. The predicted octanol–water partition coefficient (Wildman–Crippen LogP) is 5.27. The van der Waals surface area contributed by atoms with E-state index in [4.69, 9.17) is 4.74 Å². The lowest BCUT2D eigenvalue weighted by atomic mass is 9.87. The molecule has 2 heterocycles. The summed E-state index contributed by atoms with van der Waals surface area (Å²) in [5.41, 5.74) is 2.04. The predicted molar refractivity (Wildman–Crippen MR) is 120 cm³/mol. The Balaban J connectivity index is 1.82. The maximum absolute atomic E-state index is 13.4. The molecule has 0 atom stereocenters. The fourth-order valence-corrected chi connectivity index (χ4v) is 3.28. The molecule has 0 unspecified atom stereocenters. The second-order valence-electron chi connectivity index (χ2n) is 7.90. The van der Waals surface area contributed by atoms with Crippen LogP contribution in [0.15, 0.2) is 82.7 Å². The van der Waals surface area contributed by atoms with Crippen molar-refractivity contribution in [2.45, 2.75) is 26.2 Å². The highest BCUT2D eigenvalue weighted by atomic mass is 79.9. The van der Waals surface area contributed by atoms with Gasteiger partial charge in [0.1, 0.15) is 11.4 Å². The number of aromatic nitrogens is 4. The van der Waals surface area contributed by atoms with Crippen LogP contribution >= 0.6 is 15.9 Å². The molecule has 4 aromatic rings. The van der Waals surface area contributed by atoms with Gasteiger partial charge in [-0.3, -0.25) is 4.79 Å². The zero-order valence-corrected chi connectivity index (χ0v) is 18.5. The lowest BCUT2D eigenvalue weighted by molar-refractivity contribution is 0.464. The van der Waals surface area contributed by atoms with Gasteiger partial charge < -0.3 is 9.30 Å². The minimum atomic E-state index is -0.354. The Morgan fingerprint density at radius 2 is 1.70 bits per heavy atom. The molecule has 6 nitrogen and oxygen atoms in total. The molecule has 0 bridgehead atoms. The van der Waals surface area contributed by atoms with Crippen molar-refractivity contribution in [3.05, 3.63) is 93.8 Å². The Kier molecular flexibility index (Phi) is 5.30. The summed E-state index contributed by atoms with van der Waals surface area (Å²) < 4.78 is 10.00. The Bertz CT molecular complexity index is 1210. The first kappa shape index (κ1) is 20.1. The SMILES string of the molecule is CC(C)(C)c1ccc(-n2ncc(-n3ccnc3)c(Oc3ccc(Br)cc3)c2=O)cc1. The van der Waals surface area contributed by atoms with Crippen LogP contribution in [0.4, 0.5) is 0 Å². The second-order valence-corrected chi connectivity index (χ2v) is 8.81. The van der Waals surface area contributed by atoms with Gasteiger partial charge in [-0.05, 0) is 47.4 Å². The van der Waals surface area contributed by atoms with Crippen LogP contribution in [0, 0.1) is 0 Å². The Labute approximate surface area is 182 Å². The number of benzene rings is 2. The summed E-state index contributed by atoms with van der Waals surface area (Å²) in [6, 6.07) is 15.1. The van der Waals surface area contributed by atoms with Crippen LogP contribution in [0.1, 0.15) is 26.3 Å². The molecule has 0 aliphatic heterocycles. The zero-order valence-electron chi connectivity index (χ0n) is 16.9. The van der Waals surface area contributed by atoms with Crippen molar-refractivity contribution in [1.82, 2.24) is 19.3 Å². The monoisotopic (exact) mass is 464 g/mol. The van der Waals surface area contributed by atoms with Gasteiger partial charge in [0, 0.05) is 16.9 Å². The highest BCUT2D eigenvalue weighted by molar-refractivity contribution is 9.10. The van der Waals surface area contributed by atoms with E-state index in [0.717, 1.165) is 4.47 Å². The van der Waals surface area contributed by atoms with Crippen molar-refractivity contribution in [1.29, 1.82) is 0 Å². The van der Waals surface area contributed by atoms with Crippen LogP contribution in [0.3, 0.4) is 0 Å². The van der Waals surface area contributed by atoms with Crippen molar-refractivity contribution in [3.8, 4) is 22.9 Å². The quantitative estimate of drug-likeness (QED) is 0.412. The average molecular weight is 465 g/mol. The third-order valence-corrected chi connectivity index (χ3v) is 5.24. The first-order chi connectivity index (χ1) is 14.3. The molecule has 7 heteroatoms. The third-order valence-electron chi connectivity index (χ3n) is 4.71. The lowest BCUT2D eigenvalue weighted by Gasteiger charge is -2.19. The summed E-state index contributed by atoms with van der Waals surface area (Å²) in [4.78, 5) is 17.4. The molecule has 0 N–H and O–H groups in total. The fraction of sp³-hybridized carbons (Fsp3) is 0.174. The summed E-state index contributed by atoms with van der Waals surface area (Å²) >= 11 is 3.41. The molecule has 2 aromatic carbocycles. The zero-order chi connectivity index (χ0) is 21.3. The summed E-state index contributed by atoms with van der Waals surface area (Å²) in [6.45, 7) is 6.45. The van der Waals surface area contributed by atoms with Gasteiger partial charge in [-0.15, -0.1) is 0 Å². The minimum Gasteiger partial charge on any atom is -0.449 e. The minimum absolute atomic E-state index is 0.0258. The number of hydrogen-bond donors (Lipinski definition) is 0. The normalized spacial score (nSPS) is 11.5. The number of halogens is 1. The van der Waals surface area contributed by atoms with Crippen molar-refractivity contribution in [3.63, 3.8) is 0 Å². The molecule has 152 valence electrons. The maximum Gasteiger partial charge on any atom is 0.316 e. The van der Waals surface area contributed by atoms with Crippen molar-refractivity contribution in [2.75, 3.05) is 0 Å². The molecule has 0 aliphatic rings. The maximum atomic E-state index is 13.4. The molecular weight excluding hydrogens is 444 g/mol. The van der Waals surface area contributed by atoms with Crippen molar-refractivity contribution in [2.24, 2.45) is 0 Å². The molecule has 0 fully saturated rings. The van der Waals surface area contributed by atoms with E-state index in [9.17, 15) is 4.79 Å². The molecule has 2 aromatic heterocycles. The van der Waals surface area contributed by atoms with Crippen LogP contribution in [-0.4, -0.2) is 19.3 Å². The Morgan fingerprint density at radius 3 is 2.30 bits per heavy atom. The summed E-state index contributed by atoms with van der Waals surface area (Å²) in [5.74, 6) is 0.725. The molecule has 0 radical (unpaired) electrons. The molecule has 4 rings (SSSR count). The van der Waals surface area contributed by atoms with Gasteiger partial charge in [0.05, 0.1) is 18.2 Å². The Hall–Kier alpha value is -3.19. The summed E-state index contributed by atoms with van der Waals surface area (Å²) in [6.07, 6.45) is 6.59. The van der Waals surface area contributed by atoms with Gasteiger partial charge in [-0.1, -0.05) is 48.8 Å². The van der Waals surface area contributed by atoms with E-state index < -0.39 is 0 Å². The number of hydrogen-bond acceptors (Lipinski definition) is 4. The van der Waals surface area contributed by atoms with Crippen LogP contribution in [-0.2, 0) is 5.41 Å². The summed E-state index contributed by atoms with van der Waals surface area (Å²) in [5, 5.41) is 4.38. The second kappa shape index (κ2) is 7.91. The molecule has 0 spiro atoms. The molecule has 0 aliphatic carbocycles. The molecule has 30 heavy (non-hydrogen) atoms. The topological polar surface area (TPSA) is 61.9 Å². The molecule has 0 saturated heterocycles. The van der Waals surface area contributed by atoms with E-state index in [2.05, 4.69) is 46.8 Å². The van der Waals surface area contributed by atoms with E-state index in [1.807, 2.05) is 36.4 Å². The fourth-order valence-electron chi connectivity index (χ4n) is 3.02. The third kappa shape index (κ3) is 4.07. The van der Waals surface area contributed by atoms with E-state index in [0.29, 0.717) is 17.1 Å². The van der Waals surface area contributed by atoms with E-state index in [1.165, 1.54) is 10.2 Å². The van der Waals surface area contributed by atoms with Crippen LogP contribution < -0.4 is 10.3 Å². The summed E-state index contributed by atoms with van der Waals surface area (Å²) in [7, 11) is 0. The Morgan fingerprint density at radius 1 is 1.00 bits per heavy atom. The van der Waals surface area contributed by atoms with Crippen LogP contribution in [0.2, 0.25) is 0 Å². The average Bonchev–Trinajstić information content (AvgIpc) is 3.25. The number of nitrogens with zero attached hydrogens (tertiary/aromatic N) is 4. The van der Waals surface area contributed by atoms with Gasteiger partial charge in [0.2, 0.25) is 5.75 Å². The number of ether oxygens (including phenoxy) is 1. The molecular formula is C23H21BrN4O2. The van der Waals surface area contributed by atoms with E-state index in [1.54, 1.807) is 41.6 Å². The highest BCUT2D eigenvalue weighted by Gasteiger charge is 2.18. The van der Waals surface area contributed by atoms with Gasteiger partial charge >= 0.3 is 5.56 Å². The van der Waals surface area contributed by atoms with Crippen molar-refractivity contribution < 1.29 is 4.74 Å².